The van der Waals surface area contributed by atoms with Gasteiger partial charge in [-0.3, -0.25) is 4.98 Å². The predicted molar refractivity (Wildman–Crippen MR) is 73.2 cm³/mol. The topological polar surface area (TPSA) is 79.3 Å². The van der Waals surface area contributed by atoms with Gasteiger partial charge in [0.05, 0.1) is 11.5 Å². The fraction of sp³-hybridized carbons (Fsp3) is 0.250. The lowest BCUT2D eigenvalue weighted by Crippen LogP contribution is -2.27. The first-order valence-electron chi connectivity index (χ1n) is 5.64. The summed E-state index contributed by atoms with van der Waals surface area (Å²) < 4.78 is 27.0. The highest BCUT2D eigenvalue weighted by molar-refractivity contribution is 7.89. The maximum absolute atomic E-state index is 12.2. The molecule has 2 aromatic heterocycles. The summed E-state index contributed by atoms with van der Waals surface area (Å²) in [6, 6.07) is 4.67. The number of sulfonamides is 1. The number of nitrogens with one attached hydrogen (secondary N) is 1. The number of rotatable bonds is 5. The Balaban J connectivity index is 2.23. The van der Waals surface area contributed by atoms with Crippen LogP contribution in [0, 0.1) is 0 Å². The average molecular weight is 298 g/mol. The van der Waals surface area contributed by atoms with Crippen LogP contribution < -0.4 is 4.72 Å². The SMILES string of the molecule is CC(NS(=O)(=O)c1ccsc1CO)c1cccnc1. The van der Waals surface area contributed by atoms with Crippen molar-refractivity contribution in [2.75, 3.05) is 0 Å². The number of aliphatic hydroxyl groups is 1. The van der Waals surface area contributed by atoms with Crippen LogP contribution in [0.1, 0.15) is 23.4 Å². The molecular weight excluding hydrogens is 284 g/mol. The second-order valence-corrected chi connectivity index (χ2v) is 6.68. The van der Waals surface area contributed by atoms with Crippen LogP contribution in [0.15, 0.2) is 40.9 Å². The molecule has 2 aromatic rings. The Labute approximate surface area is 116 Å². The third kappa shape index (κ3) is 3.19. The molecule has 0 aliphatic carbocycles. The standard InChI is InChI=1S/C12H14N2O3S2/c1-9(10-3-2-5-13-7-10)14-19(16,17)12-4-6-18-11(12)8-15/h2-7,9,14-15H,8H2,1H3. The molecule has 0 bridgehead atoms. The van der Waals surface area contributed by atoms with E-state index >= 15 is 0 Å². The summed E-state index contributed by atoms with van der Waals surface area (Å²) in [7, 11) is -3.63. The number of hydrogen-bond donors (Lipinski definition) is 2. The molecule has 2 rings (SSSR count). The zero-order chi connectivity index (χ0) is 13.9. The lowest BCUT2D eigenvalue weighted by molar-refractivity contribution is 0.282. The van der Waals surface area contributed by atoms with Gasteiger partial charge in [0.1, 0.15) is 0 Å². The zero-order valence-electron chi connectivity index (χ0n) is 10.3. The molecule has 7 heteroatoms. The van der Waals surface area contributed by atoms with Gasteiger partial charge < -0.3 is 5.11 Å². The van der Waals surface area contributed by atoms with Crippen molar-refractivity contribution >= 4 is 21.4 Å². The number of hydrogen-bond acceptors (Lipinski definition) is 5. The van der Waals surface area contributed by atoms with E-state index in [-0.39, 0.29) is 17.5 Å². The average Bonchev–Trinajstić information content (AvgIpc) is 2.88. The summed E-state index contributed by atoms with van der Waals surface area (Å²) in [5.74, 6) is 0. The van der Waals surface area contributed by atoms with Crippen LogP contribution in [0.2, 0.25) is 0 Å². The van der Waals surface area contributed by atoms with Gasteiger partial charge in [0, 0.05) is 23.3 Å². The van der Waals surface area contributed by atoms with E-state index in [0.29, 0.717) is 4.88 Å². The smallest absolute Gasteiger partial charge is 0.242 e. The monoisotopic (exact) mass is 298 g/mol. The maximum Gasteiger partial charge on any atom is 0.242 e. The van der Waals surface area contributed by atoms with E-state index in [9.17, 15) is 8.42 Å². The summed E-state index contributed by atoms with van der Waals surface area (Å²) in [4.78, 5) is 4.53. The first-order chi connectivity index (χ1) is 9.04. The predicted octanol–water partition coefficient (Wildman–Crippen LogP) is 1.67. The molecule has 0 radical (unpaired) electrons. The maximum atomic E-state index is 12.2. The Bertz CT molecular complexity index is 638. The highest BCUT2D eigenvalue weighted by Gasteiger charge is 2.22. The first-order valence-corrected chi connectivity index (χ1v) is 8.00. The highest BCUT2D eigenvalue weighted by atomic mass is 32.2. The van der Waals surface area contributed by atoms with Crippen LogP contribution >= 0.6 is 11.3 Å². The van der Waals surface area contributed by atoms with Crippen molar-refractivity contribution in [1.29, 1.82) is 0 Å². The molecule has 1 unspecified atom stereocenters. The molecule has 0 aliphatic heterocycles. The van der Waals surface area contributed by atoms with Crippen LogP contribution in [0.5, 0.6) is 0 Å². The van der Waals surface area contributed by atoms with E-state index in [1.807, 2.05) is 0 Å². The van der Waals surface area contributed by atoms with E-state index < -0.39 is 10.0 Å². The largest absolute Gasteiger partial charge is 0.391 e. The third-order valence-corrected chi connectivity index (χ3v) is 5.31. The Kier molecular flexibility index (Phi) is 4.31. The molecule has 0 saturated carbocycles. The molecule has 0 amide bonds. The fourth-order valence-corrected chi connectivity index (χ4v) is 4.21. The van der Waals surface area contributed by atoms with E-state index in [4.69, 9.17) is 5.11 Å². The van der Waals surface area contributed by atoms with Crippen molar-refractivity contribution in [2.45, 2.75) is 24.5 Å². The van der Waals surface area contributed by atoms with Gasteiger partial charge in [-0.2, -0.15) is 0 Å². The number of thiophene rings is 1. The van der Waals surface area contributed by atoms with Crippen molar-refractivity contribution < 1.29 is 13.5 Å². The van der Waals surface area contributed by atoms with E-state index in [2.05, 4.69) is 9.71 Å². The minimum absolute atomic E-state index is 0.135. The van der Waals surface area contributed by atoms with E-state index in [1.54, 1.807) is 36.8 Å². The summed E-state index contributed by atoms with van der Waals surface area (Å²) >= 11 is 1.22. The number of nitrogens with zero attached hydrogens (tertiary/aromatic N) is 1. The quantitative estimate of drug-likeness (QED) is 0.880. The summed E-state index contributed by atoms with van der Waals surface area (Å²) in [5, 5.41) is 10.8. The summed E-state index contributed by atoms with van der Waals surface area (Å²) in [6.07, 6.45) is 3.25. The summed E-state index contributed by atoms with van der Waals surface area (Å²) in [5.41, 5.74) is 0.784. The van der Waals surface area contributed by atoms with Crippen LogP contribution in [0.3, 0.4) is 0 Å². The number of pyridine rings is 1. The van der Waals surface area contributed by atoms with Crippen molar-refractivity contribution in [3.8, 4) is 0 Å². The van der Waals surface area contributed by atoms with Crippen LogP contribution in [0.4, 0.5) is 0 Å². The van der Waals surface area contributed by atoms with Gasteiger partial charge in [0.15, 0.2) is 0 Å². The lowest BCUT2D eigenvalue weighted by Gasteiger charge is -2.14. The Morgan fingerprint density at radius 1 is 1.47 bits per heavy atom. The molecule has 0 spiro atoms. The minimum Gasteiger partial charge on any atom is -0.391 e. The summed E-state index contributed by atoms with van der Waals surface area (Å²) in [6.45, 7) is 1.47. The van der Waals surface area contributed by atoms with Gasteiger partial charge >= 0.3 is 0 Å². The molecule has 2 N–H and O–H groups in total. The normalized spacial score (nSPS) is 13.4. The molecule has 19 heavy (non-hydrogen) atoms. The van der Waals surface area contributed by atoms with Gasteiger partial charge in [0.25, 0.3) is 0 Å². The molecule has 1 atom stereocenters. The fourth-order valence-electron chi connectivity index (χ4n) is 1.68. The van der Waals surface area contributed by atoms with E-state index in [1.165, 1.54) is 17.4 Å². The van der Waals surface area contributed by atoms with Gasteiger partial charge in [-0.25, -0.2) is 13.1 Å². The molecule has 0 aromatic carbocycles. The van der Waals surface area contributed by atoms with Crippen LogP contribution in [0.25, 0.3) is 0 Å². The second-order valence-electron chi connectivity index (χ2n) is 4.00. The van der Waals surface area contributed by atoms with Gasteiger partial charge in [-0.15, -0.1) is 11.3 Å². The van der Waals surface area contributed by atoms with Gasteiger partial charge in [-0.05, 0) is 30.0 Å². The molecule has 102 valence electrons. The lowest BCUT2D eigenvalue weighted by atomic mass is 10.2. The molecular formula is C12H14N2O3S2. The van der Waals surface area contributed by atoms with Crippen molar-refractivity contribution in [3.63, 3.8) is 0 Å². The number of aromatic nitrogens is 1. The molecule has 0 aliphatic rings. The Morgan fingerprint density at radius 2 is 2.26 bits per heavy atom. The molecule has 2 heterocycles. The van der Waals surface area contributed by atoms with Gasteiger partial charge in [-0.1, -0.05) is 6.07 Å². The number of aliphatic hydroxyl groups excluding tert-OH is 1. The van der Waals surface area contributed by atoms with Gasteiger partial charge in [0.2, 0.25) is 10.0 Å². The van der Waals surface area contributed by atoms with E-state index in [0.717, 1.165) is 5.56 Å². The Hall–Kier alpha value is -1.28. The Morgan fingerprint density at radius 3 is 2.89 bits per heavy atom. The molecule has 0 fully saturated rings. The van der Waals surface area contributed by atoms with Crippen molar-refractivity contribution in [2.24, 2.45) is 0 Å². The minimum atomic E-state index is -3.63. The second kappa shape index (κ2) is 5.79. The molecule has 5 nitrogen and oxygen atoms in total. The van der Waals surface area contributed by atoms with Crippen molar-refractivity contribution in [3.05, 3.63) is 46.4 Å². The third-order valence-electron chi connectivity index (χ3n) is 2.65. The first kappa shape index (κ1) is 14.1. The molecule has 0 saturated heterocycles. The van der Waals surface area contributed by atoms with Crippen molar-refractivity contribution in [1.82, 2.24) is 9.71 Å². The zero-order valence-corrected chi connectivity index (χ0v) is 11.9. The highest BCUT2D eigenvalue weighted by Crippen LogP contribution is 2.23. The van der Waals surface area contributed by atoms with Crippen LogP contribution in [-0.2, 0) is 16.6 Å². The van der Waals surface area contributed by atoms with Crippen LogP contribution in [-0.4, -0.2) is 18.5 Å².